The van der Waals surface area contributed by atoms with E-state index in [2.05, 4.69) is 15.5 Å². The number of nitrogens with one attached hydrogen (secondary N) is 1. The van der Waals surface area contributed by atoms with Gasteiger partial charge in [-0.3, -0.25) is 4.79 Å². The van der Waals surface area contributed by atoms with Crippen LogP contribution in [0.1, 0.15) is 23.4 Å². The molecule has 0 atom stereocenters. The molecule has 35 heavy (non-hydrogen) atoms. The lowest BCUT2D eigenvalue weighted by Gasteiger charge is -2.26. The van der Waals surface area contributed by atoms with Crippen molar-refractivity contribution in [1.29, 1.82) is 0 Å². The van der Waals surface area contributed by atoms with Crippen LogP contribution < -0.4 is 10.1 Å². The molecule has 1 aliphatic heterocycles. The Morgan fingerprint density at radius 3 is 2.69 bits per heavy atom. The molecule has 2 aromatic carbocycles. The summed E-state index contributed by atoms with van der Waals surface area (Å²) in [6, 6.07) is 12.4. The number of ether oxygens (including phenoxy) is 2. The monoisotopic (exact) mass is 500 g/mol. The molecule has 1 N–H and O–H groups in total. The number of benzene rings is 2. The van der Waals surface area contributed by atoms with E-state index < -0.39 is 10.0 Å². The van der Waals surface area contributed by atoms with Crippen LogP contribution in [0.2, 0.25) is 0 Å². The Morgan fingerprint density at radius 1 is 1.17 bits per heavy atom. The number of aryl methyl sites for hydroxylation is 2. The summed E-state index contributed by atoms with van der Waals surface area (Å²) in [5.41, 5.74) is 2.53. The standard InChI is InChI=1S/C24H28N4O6S/c1-17-5-3-4-6-20(17)24-26-23(34-27-24)16-25-22(29)10-7-18-15-19(8-9-21(18)32-2)35(30,31)28-11-13-33-14-12-28/h3-6,8-9,15H,7,10-14,16H2,1-2H3,(H,25,29). The summed E-state index contributed by atoms with van der Waals surface area (Å²) >= 11 is 0. The van der Waals surface area contributed by atoms with Crippen molar-refractivity contribution in [2.45, 2.75) is 31.2 Å². The van der Waals surface area contributed by atoms with E-state index in [0.717, 1.165) is 11.1 Å². The van der Waals surface area contributed by atoms with Crippen LogP contribution in [-0.4, -0.2) is 62.2 Å². The first-order valence-corrected chi connectivity index (χ1v) is 12.7. The van der Waals surface area contributed by atoms with E-state index in [1.54, 1.807) is 12.1 Å². The van der Waals surface area contributed by atoms with Crippen LogP contribution in [0.4, 0.5) is 0 Å². The SMILES string of the molecule is COc1ccc(S(=O)(=O)N2CCOCC2)cc1CCC(=O)NCc1nc(-c2ccccc2C)no1. The summed E-state index contributed by atoms with van der Waals surface area (Å²) in [6.45, 7) is 3.42. The minimum absolute atomic E-state index is 0.0975. The number of nitrogens with zero attached hydrogens (tertiary/aromatic N) is 3. The first kappa shape index (κ1) is 24.8. The number of methoxy groups -OCH3 is 1. The molecule has 2 heterocycles. The molecule has 0 saturated carbocycles. The first-order chi connectivity index (χ1) is 16.9. The number of morpholine rings is 1. The Balaban J connectivity index is 1.37. The van der Waals surface area contributed by atoms with Gasteiger partial charge in [-0.2, -0.15) is 9.29 Å². The predicted octanol–water partition coefficient (Wildman–Crippen LogP) is 2.32. The highest BCUT2D eigenvalue weighted by atomic mass is 32.2. The van der Waals surface area contributed by atoms with Gasteiger partial charge in [0, 0.05) is 25.1 Å². The number of hydrogen-bond acceptors (Lipinski definition) is 8. The second-order valence-corrected chi connectivity index (χ2v) is 10.0. The second-order valence-electron chi connectivity index (χ2n) is 8.09. The lowest BCUT2D eigenvalue weighted by molar-refractivity contribution is -0.121. The van der Waals surface area contributed by atoms with Crippen LogP contribution in [0.3, 0.4) is 0 Å². The second kappa shape index (κ2) is 11.0. The molecule has 3 aromatic rings. The van der Waals surface area contributed by atoms with Gasteiger partial charge in [0.15, 0.2) is 0 Å². The van der Waals surface area contributed by atoms with Crippen LogP contribution in [0.5, 0.6) is 5.75 Å². The Hall–Kier alpha value is -3.28. The van der Waals surface area contributed by atoms with E-state index in [4.69, 9.17) is 14.0 Å². The third kappa shape index (κ3) is 5.87. The van der Waals surface area contributed by atoms with E-state index in [1.165, 1.54) is 17.5 Å². The van der Waals surface area contributed by atoms with Crippen LogP contribution in [0, 0.1) is 6.92 Å². The molecule has 1 aromatic heterocycles. The Morgan fingerprint density at radius 2 is 1.94 bits per heavy atom. The molecule has 11 heteroatoms. The highest BCUT2D eigenvalue weighted by Crippen LogP contribution is 2.26. The molecule has 0 bridgehead atoms. The van der Waals surface area contributed by atoms with Crippen LogP contribution in [-0.2, 0) is 32.5 Å². The van der Waals surface area contributed by atoms with E-state index in [0.29, 0.717) is 55.8 Å². The zero-order valence-electron chi connectivity index (χ0n) is 19.7. The van der Waals surface area contributed by atoms with Crippen LogP contribution in [0.15, 0.2) is 51.9 Å². The molecule has 1 fully saturated rings. The number of rotatable bonds is 9. The van der Waals surface area contributed by atoms with Gasteiger partial charge in [0.2, 0.25) is 27.6 Å². The third-order valence-corrected chi connectivity index (χ3v) is 7.67. The molecule has 1 amide bonds. The topological polar surface area (TPSA) is 124 Å². The van der Waals surface area contributed by atoms with Crippen molar-refractivity contribution >= 4 is 15.9 Å². The summed E-state index contributed by atoms with van der Waals surface area (Å²) in [5.74, 6) is 1.06. The Labute approximate surface area is 204 Å². The molecule has 186 valence electrons. The van der Waals surface area contributed by atoms with Gasteiger partial charge in [-0.05, 0) is 42.7 Å². The van der Waals surface area contributed by atoms with Crippen molar-refractivity contribution in [3.8, 4) is 17.1 Å². The smallest absolute Gasteiger partial charge is 0.246 e. The maximum atomic E-state index is 13.0. The average molecular weight is 501 g/mol. The van der Waals surface area contributed by atoms with E-state index in [-0.39, 0.29) is 23.8 Å². The summed E-state index contributed by atoms with van der Waals surface area (Å²) in [7, 11) is -2.14. The Kier molecular flexibility index (Phi) is 7.79. The third-order valence-electron chi connectivity index (χ3n) is 5.77. The van der Waals surface area contributed by atoms with Crippen molar-refractivity contribution in [3.63, 3.8) is 0 Å². The van der Waals surface area contributed by atoms with Gasteiger partial charge in [0.25, 0.3) is 0 Å². The maximum absolute atomic E-state index is 13.0. The predicted molar refractivity (Wildman–Crippen MR) is 127 cm³/mol. The fourth-order valence-electron chi connectivity index (χ4n) is 3.82. The van der Waals surface area contributed by atoms with Gasteiger partial charge in [0.1, 0.15) is 5.75 Å². The zero-order valence-corrected chi connectivity index (χ0v) is 20.5. The summed E-state index contributed by atoms with van der Waals surface area (Å²) < 4.78 is 43.3. The lowest BCUT2D eigenvalue weighted by atomic mass is 10.1. The van der Waals surface area contributed by atoms with Crippen LogP contribution >= 0.6 is 0 Å². The van der Waals surface area contributed by atoms with Gasteiger partial charge in [-0.15, -0.1) is 0 Å². The van der Waals surface area contributed by atoms with Crippen LogP contribution in [0.25, 0.3) is 11.4 Å². The normalized spacial score (nSPS) is 14.6. The zero-order chi connectivity index (χ0) is 24.8. The van der Waals surface area contributed by atoms with Gasteiger partial charge in [-0.1, -0.05) is 29.4 Å². The summed E-state index contributed by atoms with van der Waals surface area (Å²) in [6.07, 6.45) is 0.440. The molecule has 0 aliphatic carbocycles. The molecule has 10 nitrogen and oxygen atoms in total. The lowest BCUT2D eigenvalue weighted by Crippen LogP contribution is -2.40. The van der Waals surface area contributed by atoms with Gasteiger partial charge >= 0.3 is 0 Å². The molecule has 0 spiro atoms. The van der Waals surface area contributed by atoms with Crippen molar-refractivity contribution in [2.75, 3.05) is 33.4 Å². The quantitative estimate of drug-likeness (QED) is 0.475. The number of sulfonamides is 1. The van der Waals surface area contributed by atoms with Gasteiger partial charge in [-0.25, -0.2) is 8.42 Å². The first-order valence-electron chi connectivity index (χ1n) is 11.3. The van der Waals surface area contributed by atoms with Crippen molar-refractivity contribution < 1.29 is 27.2 Å². The van der Waals surface area contributed by atoms with E-state index >= 15 is 0 Å². The van der Waals surface area contributed by atoms with E-state index in [9.17, 15) is 13.2 Å². The molecular weight excluding hydrogens is 472 g/mol. The maximum Gasteiger partial charge on any atom is 0.246 e. The van der Waals surface area contributed by atoms with Crippen molar-refractivity contribution in [2.24, 2.45) is 0 Å². The molecule has 0 radical (unpaired) electrons. The van der Waals surface area contributed by atoms with E-state index in [1.807, 2.05) is 31.2 Å². The number of amides is 1. The number of aromatic nitrogens is 2. The van der Waals surface area contributed by atoms with Crippen molar-refractivity contribution in [3.05, 3.63) is 59.5 Å². The largest absolute Gasteiger partial charge is 0.496 e. The average Bonchev–Trinajstić information content (AvgIpc) is 3.35. The molecule has 0 unspecified atom stereocenters. The Bertz CT molecular complexity index is 1280. The highest BCUT2D eigenvalue weighted by Gasteiger charge is 2.27. The summed E-state index contributed by atoms with van der Waals surface area (Å²) in [4.78, 5) is 17.0. The fourth-order valence-corrected chi connectivity index (χ4v) is 5.28. The number of carbonyl (C=O) groups excluding carboxylic acids is 1. The molecular formula is C24H28N4O6S. The van der Waals surface area contributed by atoms with Crippen molar-refractivity contribution in [1.82, 2.24) is 19.8 Å². The highest BCUT2D eigenvalue weighted by molar-refractivity contribution is 7.89. The molecule has 1 saturated heterocycles. The minimum atomic E-state index is -3.65. The molecule has 1 aliphatic rings. The fraction of sp³-hybridized carbons (Fsp3) is 0.375. The summed E-state index contributed by atoms with van der Waals surface area (Å²) in [5, 5.41) is 6.76. The van der Waals surface area contributed by atoms with Gasteiger partial charge in [0.05, 0.1) is 31.8 Å². The van der Waals surface area contributed by atoms with Gasteiger partial charge < -0.3 is 19.3 Å². The number of hydrogen-bond donors (Lipinski definition) is 1. The minimum Gasteiger partial charge on any atom is -0.496 e. The number of carbonyl (C=O) groups is 1. The molecule has 4 rings (SSSR count).